The maximum Gasteiger partial charge on any atom is 0.119 e. The predicted octanol–water partition coefficient (Wildman–Crippen LogP) is 4.01. The van der Waals surface area contributed by atoms with E-state index in [4.69, 9.17) is 4.74 Å². The summed E-state index contributed by atoms with van der Waals surface area (Å²) in [5.74, 6) is 0.924. The smallest absolute Gasteiger partial charge is 0.119 e. The highest BCUT2D eigenvalue weighted by atomic mass is 79.9. The van der Waals surface area contributed by atoms with Crippen molar-refractivity contribution in [2.24, 2.45) is 0 Å². The van der Waals surface area contributed by atoms with Crippen LogP contribution in [0.15, 0.2) is 22.7 Å². The standard InChI is InChI=1S/C17H29BrN2O/c1-5-19(6-2)11-8-12-20(7-3)14-15-13-16(21-4)9-10-17(15)18/h9-10,13H,5-8,11-12,14H2,1-4H3. The second-order valence-electron chi connectivity index (χ2n) is 5.21. The average Bonchev–Trinajstić information content (AvgIpc) is 2.52. The number of hydrogen-bond donors (Lipinski definition) is 0. The molecule has 0 aromatic heterocycles. The van der Waals surface area contributed by atoms with Gasteiger partial charge in [-0.3, -0.25) is 4.90 Å². The number of hydrogen-bond acceptors (Lipinski definition) is 3. The van der Waals surface area contributed by atoms with Crippen LogP contribution in [-0.4, -0.2) is 49.6 Å². The highest BCUT2D eigenvalue weighted by molar-refractivity contribution is 9.10. The van der Waals surface area contributed by atoms with Crippen LogP contribution < -0.4 is 4.74 Å². The molecule has 0 saturated carbocycles. The highest BCUT2D eigenvalue weighted by Crippen LogP contribution is 2.23. The third-order valence-corrected chi connectivity index (χ3v) is 4.71. The van der Waals surface area contributed by atoms with Gasteiger partial charge in [0.1, 0.15) is 5.75 Å². The summed E-state index contributed by atoms with van der Waals surface area (Å²) in [6.45, 7) is 13.3. The fraction of sp³-hybridized carbons (Fsp3) is 0.647. The lowest BCUT2D eigenvalue weighted by Gasteiger charge is -2.24. The molecule has 0 spiro atoms. The molecule has 0 unspecified atom stereocenters. The van der Waals surface area contributed by atoms with E-state index in [2.05, 4.69) is 58.6 Å². The zero-order valence-corrected chi connectivity index (χ0v) is 15.4. The Kier molecular flexibility index (Phi) is 8.97. The van der Waals surface area contributed by atoms with E-state index in [-0.39, 0.29) is 0 Å². The fourth-order valence-electron chi connectivity index (χ4n) is 2.45. The first-order valence-electron chi connectivity index (χ1n) is 7.91. The van der Waals surface area contributed by atoms with Gasteiger partial charge in [0.2, 0.25) is 0 Å². The van der Waals surface area contributed by atoms with E-state index in [9.17, 15) is 0 Å². The molecule has 0 aliphatic rings. The molecule has 4 heteroatoms. The molecule has 1 aromatic carbocycles. The average molecular weight is 357 g/mol. The summed E-state index contributed by atoms with van der Waals surface area (Å²) in [7, 11) is 1.72. The van der Waals surface area contributed by atoms with Crippen molar-refractivity contribution in [1.29, 1.82) is 0 Å². The predicted molar refractivity (Wildman–Crippen MR) is 94.1 cm³/mol. The van der Waals surface area contributed by atoms with E-state index >= 15 is 0 Å². The Morgan fingerprint density at radius 1 is 1.00 bits per heavy atom. The van der Waals surface area contributed by atoms with E-state index in [0.717, 1.165) is 42.9 Å². The molecule has 0 aliphatic heterocycles. The Balaban J connectivity index is 2.53. The normalized spacial score (nSPS) is 11.4. The van der Waals surface area contributed by atoms with E-state index in [0.29, 0.717) is 0 Å². The third-order valence-electron chi connectivity index (χ3n) is 3.94. The number of methoxy groups -OCH3 is 1. The van der Waals surface area contributed by atoms with E-state index in [1.54, 1.807) is 7.11 Å². The van der Waals surface area contributed by atoms with Gasteiger partial charge in [-0.1, -0.05) is 36.7 Å². The minimum Gasteiger partial charge on any atom is -0.497 e. The molecule has 0 heterocycles. The fourth-order valence-corrected chi connectivity index (χ4v) is 2.82. The maximum atomic E-state index is 5.32. The number of nitrogens with zero attached hydrogens (tertiary/aromatic N) is 2. The highest BCUT2D eigenvalue weighted by Gasteiger charge is 2.09. The lowest BCUT2D eigenvalue weighted by molar-refractivity contribution is 0.238. The summed E-state index contributed by atoms with van der Waals surface area (Å²) in [6.07, 6.45) is 1.22. The van der Waals surface area contributed by atoms with Crippen molar-refractivity contribution >= 4 is 15.9 Å². The molecule has 1 aromatic rings. The van der Waals surface area contributed by atoms with Gasteiger partial charge in [-0.25, -0.2) is 0 Å². The number of benzene rings is 1. The molecule has 1 rings (SSSR count). The van der Waals surface area contributed by atoms with Crippen molar-refractivity contribution in [3.05, 3.63) is 28.2 Å². The molecule has 0 fully saturated rings. The molecule has 120 valence electrons. The Labute approximate surface area is 138 Å². The molecule has 0 N–H and O–H groups in total. The van der Waals surface area contributed by atoms with E-state index in [1.165, 1.54) is 18.5 Å². The molecule has 0 aliphatic carbocycles. The van der Waals surface area contributed by atoms with Crippen molar-refractivity contribution in [2.75, 3.05) is 39.8 Å². The van der Waals surface area contributed by atoms with Crippen LogP contribution in [0.4, 0.5) is 0 Å². The molecule has 0 saturated heterocycles. The van der Waals surface area contributed by atoms with Crippen LogP contribution in [-0.2, 0) is 6.54 Å². The minimum absolute atomic E-state index is 0.924. The molecule has 0 bridgehead atoms. The van der Waals surface area contributed by atoms with Crippen molar-refractivity contribution in [1.82, 2.24) is 9.80 Å². The van der Waals surface area contributed by atoms with Crippen LogP contribution >= 0.6 is 15.9 Å². The maximum absolute atomic E-state index is 5.32. The van der Waals surface area contributed by atoms with Crippen molar-refractivity contribution < 1.29 is 4.74 Å². The van der Waals surface area contributed by atoms with Crippen molar-refractivity contribution in [3.63, 3.8) is 0 Å². The van der Waals surface area contributed by atoms with Crippen LogP contribution in [0.25, 0.3) is 0 Å². The Hall–Kier alpha value is -0.580. The summed E-state index contributed by atoms with van der Waals surface area (Å²) in [6, 6.07) is 6.18. The minimum atomic E-state index is 0.924. The number of rotatable bonds is 10. The molecular weight excluding hydrogens is 328 g/mol. The molecule has 21 heavy (non-hydrogen) atoms. The summed E-state index contributed by atoms with van der Waals surface area (Å²) >= 11 is 3.64. The first-order valence-corrected chi connectivity index (χ1v) is 8.70. The van der Waals surface area contributed by atoms with Gasteiger partial charge in [-0.15, -0.1) is 0 Å². The van der Waals surface area contributed by atoms with Crippen LogP contribution in [0.5, 0.6) is 5.75 Å². The molecule has 0 amide bonds. The second-order valence-corrected chi connectivity index (χ2v) is 6.06. The SMILES string of the molecule is CCN(CC)CCCN(CC)Cc1cc(OC)ccc1Br. The Morgan fingerprint density at radius 3 is 2.19 bits per heavy atom. The van der Waals surface area contributed by atoms with Gasteiger partial charge in [-0.2, -0.15) is 0 Å². The zero-order chi connectivity index (χ0) is 15.7. The summed E-state index contributed by atoms with van der Waals surface area (Å²) in [5.41, 5.74) is 1.29. The zero-order valence-electron chi connectivity index (χ0n) is 13.9. The number of halogens is 1. The van der Waals surface area contributed by atoms with Crippen molar-refractivity contribution in [3.8, 4) is 5.75 Å². The van der Waals surface area contributed by atoms with E-state index in [1.807, 2.05) is 6.07 Å². The van der Waals surface area contributed by atoms with Crippen LogP contribution in [0, 0.1) is 0 Å². The molecule has 0 radical (unpaired) electrons. The quantitative estimate of drug-likeness (QED) is 0.629. The van der Waals surface area contributed by atoms with Gasteiger partial charge in [0.15, 0.2) is 0 Å². The first kappa shape index (κ1) is 18.5. The summed E-state index contributed by atoms with van der Waals surface area (Å²) < 4.78 is 6.48. The lowest BCUT2D eigenvalue weighted by Crippen LogP contribution is -2.29. The van der Waals surface area contributed by atoms with Gasteiger partial charge < -0.3 is 9.64 Å². The number of ether oxygens (including phenoxy) is 1. The van der Waals surface area contributed by atoms with Crippen molar-refractivity contribution in [2.45, 2.75) is 33.7 Å². The van der Waals surface area contributed by atoms with Gasteiger partial charge in [0, 0.05) is 11.0 Å². The summed E-state index contributed by atoms with van der Waals surface area (Å²) in [5, 5.41) is 0. The monoisotopic (exact) mass is 356 g/mol. The largest absolute Gasteiger partial charge is 0.497 e. The van der Waals surface area contributed by atoms with Gasteiger partial charge in [0.25, 0.3) is 0 Å². The molecular formula is C17H29BrN2O. The lowest BCUT2D eigenvalue weighted by atomic mass is 10.2. The Morgan fingerprint density at radius 2 is 1.62 bits per heavy atom. The summed E-state index contributed by atoms with van der Waals surface area (Å²) in [4.78, 5) is 4.97. The van der Waals surface area contributed by atoms with E-state index < -0.39 is 0 Å². The van der Waals surface area contributed by atoms with Gasteiger partial charge >= 0.3 is 0 Å². The molecule has 3 nitrogen and oxygen atoms in total. The first-order chi connectivity index (χ1) is 10.1. The third kappa shape index (κ3) is 6.37. The van der Waals surface area contributed by atoms with Crippen LogP contribution in [0.2, 0.25) is 0 Å². The van der Waals surface area contributed by atoms with Gasteiger partial charge in [0.05, 0.1) is 7.11 Å². The molecule has 0 atom stereocenters. The van der Waals surface area contributed by atoms with Crippen LogP contribution in [0.3, 0.4) is 0 Å². The van der Waals surface area contributed by atoms with Gasteiger partial charge in [-0.05, 0) is 62.9 Å². The van der Waals surface area contributed by atoms with Crippen LogP contribution in [0.1, 0.15) is 32.8 Å². The Bertz CT molecular complexity index is 408. The topological polar surface area (TPSA) is 15.7 Å². The second kappa shape index (κ2) is 10.2.